The van der Waals surface area contributed by atoms with Gasteiger partial charge in [-0.2, -0.15) is 0 Å². The maximum absolute atomic E-state index is 12.9. The van der Waals surface area contributed by atoms with Gasteiger partial charge < -0.3 is 19.7 Å². The van der Waals surface area contributed by atoms with Crippen LogP contribution in [-0.4, -0.2) is 31.7 Å². The summed E-state index contributed by atoms with van der Waals surface area (Å²) in [4.78, 5) is 24.3. The first-order valence-electron chi connectivity index (χ1n) is 9.90. The van der Waals surface area contributed by atoms with E-state index < -0.39 is 31.5 Å². The Morgan fingerprint density at radius 1 is 1.21 bits per heavy atom. The highest BCUT2D eigenvalue weighted by molar-refractivity contribution is 6.74. The molecule has 0 aliphatic heterocycles. The summed E-state index contributed by atoms with van der Waals surface area (Å²) in [5.41, 5.74) is 5.08. The first-order valence-corrected chi connectivity index (χ1v) is 13.2. The first kappa shape index (κ1) is 25.8. The number of halogens is 1. The minimum absolute atomic E-state index is 0.0440. The minimum Gasteiger partial charge on any atom is -0.459 e. The van der Waals surface area contributed by atoms with Crippen LogP contribution in [0.5, 0.6) is 0 Å². The van der Waals surface area contributed by atoms with Crippen LogP contribution in [0.4, 0.5) is 0 Å². The molecule has 0 aliphatic rings. The number of carbonyl (C=O) groups is 2. The summed E-state index contributed by atoms with van der Waals surface area (Å²) in [6.07, 6.45) is 0.130. The molecule has 0 amide bonds. The number of benzene rings is 1. The Balaban J connectivity index is 3.36. The third kappa shape index (κ3) is 7.52. The molecule has 0 bridgehead atoms. The normalized spacial score (nSPS) is 16.1. The van der Waals surface area contributed by atoms with Crippen molar-refractivity contribution in [2.45, 2.75) is 89.8 Å². The summed E-state index contributed by atoms with van der Waals surface area (Å²) in [7, 11) is -2.21. The fourth-order valence-electron chi connectivity index (χ4n) is 2.58. The lowest BCUT2D eigenvalue weighted by Gasteiger charge is -2.41. The highest BCUT2D eigenvalue weighted by Gasteiger charge is 2.44. The Hall–Kier alpha value is -1.21. The highest BCUT2D eigenvalue weighted by atomic mass is 35.5. The molecule has 5 nitrogen and oxygen atoms in total. The van der Waals surface area contributed by atoms with Crippen molar-refractivity contribution in [1.82, 2.24) is 0 Å². The maximum Gasteiger partial charge on any atom is 0.327 e. The van der Waals surface area contributed by atoms with E-state index in [4.69, 9.17) is 26.5 Å². The van der Waals surface area contributed by atoms with Crippen LogP contribution in [0.2, 0.25) is 23.2 Å². The molecule has 0 heterocycles. The molecule has 2 N–H and O–H groups in total. The fourth-order valence-corrected chi connectivity index (χ4v) is 4.06. The molecule has 0 aromatic heterocycles. The van der Waals surface area contributed by atoms with Crippen molar-refractivity contribution in [3.8, 4) is 0 Å². The first-order chi connectivity index (χ1) is 13.0. The second-order valence-electron chi connectivity index (χ2n) is 10.2. The van der Waals surface area contributed by atoms with Gasteiger partial charge >= 0.3 is 5.97 Å². The second kappa shape index (κ2) is 9.29. The molecule has 164 valence electrons. The Morgan fingerprint density at radius 2 is 1.79 bits per heavy atom. The summed E-state index contributed by atoms with van der Waals surface area (Å²) >= 11 is 6.21. The van der Waals surface area contributed by atoms with Gasteiger partial charge in [-0.3, -0.25) is 4.79 Å². The van der Waals surface area contributed by atoms with Crippen molar-refractivity contribution in [3.05, 3.63) is 34.9 Å². The van der Waals surface area contributed by atoms with Crippen molar-refractivity contribution in [2.24, 2.45) is 5.73 Å². The van der Waals surface area contributed by atoms with E-state index in [0.29, 0.717) is 11.3 Å². The standard InChI is InChI=1S/C22H36ClNO4Si/c1-20(2,3)27-19(26)22(24,12-13-25)15-18(16-10-9-11-17(23)14-16)28-29(7,8)21(4,5)6/h9-11,13-14,18H,12,15,24H2,1-8H3/t18-,22?/m1/s1. The quantitative estimate of drug-likeness (QED) is 0.331. The van der Waals surface area contributed by atoms with E-state index in [9.17, 15) is 9.59 Å². The predicted molar refractivity (Wildman–Crippen MR) is 121 cm³/mol. The largest absolute Gasteiger partial charge is 0.459 e. The average molecular weight is 442 g/mol. The molecule has 1 rings (SSSR count). The maximum atomic E-state index is 12.9. The molecule has 0 radical (unpaired) electrons. The van der Waals surface area contributed by atoms with Gasteiger partial charge in [0.05, 0.1) is 6.10 Å². The topological polar surface area (TPSA) is 78.6 Å². The predicted octanol–water partition coefficient (Wildman–Crippen LogP) is 5.42. The Morgan fingerprint density at radius 3 is 2.24 bits per heavy atom. The van der Waals surface area contributed by atoms with E-state index in [-0.39, 0.29) is 17.9 Å². The van der Waals surface area contributed by atoms with E-state index in [1.165, 1.54) is 0 Å². The number of esters is 1. The number of hydrogen-bond donors (Lipinski definition) is 1. The van der Waals surface area contributed by atoms with Gasteiger partial charge in [0.2, 0.25) is 0 Å². The lowest BCUT2D eigenvalue weighted by atomic mass is 9.87. The molecule has 0 saturated carbocycles. The van der Waals surface area contributed by atoms with Gasteiger partial charge in [-0.15, -0.1) is 0 Å². The highest BCUT2D eigenvalue weighted by Crippen LogP contribution is 2.42. The van der Waals surface area contributed by atoms with Crippen molar-refractivity contribution >= 4 is 32.2 Å². The monoisotopic (exact) mass is 441 g/mol. The zero-order valence-corrected chi connectivity index (χ0v) is 20.7. The second-order valence-corrected chi connectivity index (χ2v) is 15.3. The van der Waals surface area contributed by atoms with Gasteiger partial charge in [0.25, 0.3) is 0 Å². The molecule has 2 atom stereocenters. The van der Waals surface area contributed by atoms with Gasteiger partial charge in [-0.25, -0.2) is 0 Å². The van der Waals surface area contributed by atoms with Crippen molar-refractivity contribution in [3.63, 3.8) is 0 Å². The van der Waals surface area contributed by atoms with Crippen LogP contribution < -0.4 is 5.73 Å². The summed E-state index contributed by atoms with van der Waals surface area (Å²) in [6, 6.07) is 7.34. The van der Waals surface area contributed by atoms with Crippen molar-refractivity contribution in [2.75, 3.05) is 0 Å². The lowest BCUT2D eigenvalue weighted by molar-refractivity contribution is -0.163. The van der Waals surface area contributed by atoms with Crippen LogP contribution in [0, 0.1) is 0 Å². The van der Waals surface area contributed by atoms with Gasteiger partial charge in [-0.05, 0) is 56.6 Å². The number of rotatable bonds is 8. The van der Waals surface area contributed by atoms with Gasteiger partial charge in [0.1, 0.15) is 17.4 Å². The van der Waals surface area contributed by atoms with E-state index in [1.807, 2.05) is 18.2 Å². The van der Waals surface area contributed by atoms with Gasteiger partial charge in [0.15, 0.2) is 8.32 Å². The number of carbonyl (C=O) groups excluding carboxylic acids is 2. The number of ether oxygens (including phenoxy) is 1. The summed E-state index contributed by atoms with van der Waals surface area (Å²) in [6.45, 7) is 16.0. The smallest absolute Gasteiger partial charge is 0.327 e. The molecule has 0 spiro atoms. The molecule has 1 aromatic carbocycles. The van der Waals surface area contributed by atoms with Crippen LogP contribution >= 0.6 is 11.6 Å². The molecule has 7 heteroatoms. The molecule has 1 aromatic rings. The molecular weight excluding hydrogens is 406 g/mol. The van der Waals surface area contributed by atoms with E-state index in [1.54, 1.807) is 26.8 Å². The van der Waals surface area contributed by atoms with E-state index in [2.05, 4.69) is 33.9 Å². The number of aldehydes is 1. The van der Waals surface area contributed by atoms with Crippen LogP contribution in [0.3, 0.4) is 0 Å². The third-order valence-electron chi connectivity index (χ3n) is 5.27. The molecule has 29 heavy (non-hydrogen) atoms. The van der Waals surface area contributed by atoms with Crippen molar-refractivity contribution < 1.29 is 18.8 Å². The summed E-state index contributed by atoms with van der Waals surface area (Å²) in [5, 5.41) is 0.527. The fraction of sp³-hybridized carbons (Fsp3) is 0.636. The SMILES string of the molecule is CC(C)(C)OC(=O)C(N)(CC=O)C[C@@H](O[Si](C)(C)C(C)(C)C)c1cccc(Cl)c1. The molecule has 0 saturated heterocycles. The van der Waals surface area contributed by atoms with Crippen LogP contribution in [-0.2, 0) is 18.8 Å². The molecule has 0 aliphatic carbocycles. The van der Waals surface area contributed by atoms with Crippen LogP contribution in [0.1, 0.15) is 66.1 Å². The zero-order valence-electron chi connectivity index (χ0n) is 19.0. The van der Waals surface area contributed by atoms with Gasteiger partial charge in [-0.1, -0.05) is 44.5 Å². The van der Waals surface area contributed by atoms with E-state index >= 15 is 0 Å². The number of nitrogens with two attached hydrogens (primary N) is 1. The van der Waals surface area contributed by atoms with Crippen LogP contribution in [0.15, 0.2) is 24.3 Å². The summed E-state index contributed by atoms with van der Waals surface area (Å²) < 4.78 is 12.2. The third-order valence-corrected chi connectivity index (χ3v) is 9.99. The minimum atomic E-state index is -2.21. The Bertz CT molecular complexity index is 724. The summed E-state index contributed by atoms with van der Waals surface area (Å²) in [5.74, 6) is -0.608. The van der Waals surface area contributed by atoms with Gasteiger partial charge in [0, 0.05) is 17.9 Å². The average Bonchev–Trinajstić information content (AvgIpc) is 2.51. The zero-order chi connectivity index (χ0) is 22.7. The number of hydrogen-bond acceptors (Lipinski definition) is 5. The molecular formula is C22H36ClNO4Si. The molecule has 1 unspecified atom stereocenters. The van der Waals surface area contributed by atoms with Crippen molar-refractivity contribution in [1.29, 1.82) is 0 Å². The Kier molecular flexibility index (Phi) is 8.27. The van der Waals surface area contributed by atoms with E-state index in [0.717, 1.165) is 5.56 Å². The van der Waals surface area contributed by atoms with Crippen LogP contribution in [0.25, 0.3) is 0 Å². The molecule has 0 fully saturated rings. The Labute approximate surface area is 181 Å². The lowest BCUT2D eigenvalue weighted by Crippen LogP contribution is -2.53.